The zero-order valence-corrected chi connectivity index (χ0v) is 17.6. The number of carbonyl (C=O) groups is 1. The second-order valence-corrected chi connectivity index (χ2v) is 10.3. The Labute approximate surface area is 170 Å². The van der Waals surface area contributed by atoms with Crippen molar-refractivity contribution in [1.82, 2.24) is 0 Å². The molecule has 1 aliphatic heterocycles. The van der Waals surface area contributed by atoms with E-state index in [9.17, 15) is 13.2 Å². The maximum absolute atomic E-state index is 13.2. The van der Waals surface area contributed by atoms with Crippen LogP contribution in [0.1, 0.15) is 28.3 Å². The molecular weight excluding hydrogens is 446 g/mol. The molecule has 0 spiro atoms. The van der Waals surface area contributed by atoms with Gasteiger partial charge in [-0.25, -0.2) is 8.42 Å². The molecular formula is C20H16BrNO3S2. The molecule has 2 aromatic carbocycles. The van der Waals surface area contributed by atoms with Gasteiger partial charge in [0.05, 0.1) is 10.6 Å². The number of anilines is 1. The third-order valence-electron chi connectivity index (χ3n) is 4.62. The van der Waals surface area contributed by atoms with E-state index in [0.29, 0.717) is 12.1 Å². The van der Waals surface area contributed by atoms with Crippen molar-refractivity contribution in [2.24, 2.45) is 0 Å². The average Bonchev–Trinajstić information content (AvgIpc) is 3.06. The van der Waals surface area contributed by atoms with Crippen LogP contribution >= 0.6 is 27.3 Å². The molecule has 1 aromatic heterocycles. The average molecular weight is 462 g/mol. The van der Waals surface area contributed by atoms with Gasteiger partial charge < -0.3 is 5.32 Å². The lowest BCUT2D eigenvalue weighted by Gasteiger charge is -2.23. The molecule has 138 valence electrons. The van der Waals surface area contributed by atoms with Gasteiger partial charge in [0.1, 0.15) is 4.90 Å². The van der Waals surface area contributed by atoms with Crippen LogP contribution in [0.2, 0.25) is 0 Å². The maximum atomic E-state index is 13.2. The van der Waals surface area contributed by atoms with Gasteiger partial charge in [-0.1, -0.05) is 40.2 Å². The lowest BCUT2D eigenvalue weighted by atomic mass is 9.91. The Morgan fingerprint density at radius 2 is 1.89 bits per heavy atom. The highest BCUT2D eigenvalue weighted by molar-refractivity contribution is 9.10. The predicted octanol–water partition coefficient (Wildman–Crippen LogP) is 5.13. The third-order valence-corrected chi connectivity index (χ3v) is 8.17. The zero-order chi connectivity index (χ0) is 19.2. The van der Waals surface area contributed by atoms with Crippen molar-refractivity contribution in [2.75, 3.05) is 5.32 Å². The van der Waals surface area contributed by atoms with Crippen LogP contribution in [0.5, 0.6) is 0 Å². The van der Waals surface area contributed by atoms with Crippen LogP contribution in [-0.2, 0) is 14.6 Å². The zero-order valence-electron chi connectivity index (χ0n) is 14.4. The summed E-state index contributed by atoms with van der Waals surface area (Å²) >= 11 is 4.80. The molecule has 0 bridgehead atoms. The quantitative estimate of drug-likeness (QED) is 0.587. The SMILES string of the molecule is Cc1cccc(S(=O)(=O)c2csc3c2NC(=O)C[C@@H]3c2ccc(Br)cc2)c1. The van der Waals surface area contributed by atoms with Crippen molar-refractivity contribution in [1.29, 1.82) is 0 Å². The highest BCUT2D eigenvalue weighted by Crippen LogP contribution is 2.45. The number of fused-ring (bicyclic) bond motifs is 1. The number of hydrogen-bond donors (Lipinski definition) is 1. The fourth-order valence-corrected chi connectivity index (χ4v) is 6.55. The molecule has 27 heavy (non-hydrogen) atoms. The summed E-state index contributed by atoms with van der Waals surface area (Å²) in [4.78, 5) is 13.6. The largest absolute Gasteiger partial charge is 0.324 e. The standard InChI is InChI=1S/C20H16BrNO3S2/c1-12-3-2-4-15(9-12)27(24,25)17-11-26-20-16(10-18(23)22-19(17)20)13-5-7-14(21)8-6-13/h2-9,11,16H,10H2,1H3,(H,22,23)/t16-/m1/s1. The summed E-state index contributed by atoms with van der Waals surface area (Å²) in [7, 11) is -3.71. The second-order valence-electron chi connectivity index (χ2n) is 6.52. The van der Waals surface area contributed by atoms with Gasteiger partial charge in [0.25, 0.3) is 0 Å². The minimum atomic E-state index is -3.71. The third kappa shape index (κ3) is 3.35. The summed E-state index contributed by atoms with van der Waals surface area (Å²) in [6.07, 6.45) is 0.305. The normalized spacial score (nSPS) is 16.7. The number of carbonyl (C=O) groups excluding carboxylic acids is 1. The minimum absolute atomic E-state index is 0.145. The fourth-order valence-electron chi connectivity index (χ4n) is 3.28. The number of halogens is 1. The van der Waals surface area contributed by atoms with E-state index < -0.39 is 9.84 Å². The van der Waals surface area contributed by atoms with Gasteiger partial charge in [-0.05, 0) is 42.3 Å². The van der Waals surface area contributed by atoms with Crippen molar-refractivity contribution < 1.29 is 13.2 Å². The van der Waals surface area contributed by atoms with Gasteiger partial charge in [0.2, 0.25) is 15.7 Å². The minimum Gasteiger partial charge on any atom is -0.324 e. The highest BCUT2D eigenvalue weighted by Gasteiger charge is 2.34. The molecule has 3 aromatic rings. The Bertz CT molecular complexity index is 1130. The lowest BCUT2D eigenvalue weighted by molar-refractivity contribution is -0.116. The molecule has 1 aliphatic rings. The van der Waals surface area contributed by atoms with E-state index in [0.717, 1.165) is 20.5 Å². The number of aryl methyl sites for hydroxylation is 1. The molecule has 1 N–H and O–H groups in total. The second kappa shape index (κ2) is 6.89. The number of thiophene rings is 1. The Kier molecular flexibility index (Phi) is 4.70. The highest BCUT2D eigenvalue weighted by atomic mass is 79.9. The fraction of sp³-hybridized carbons (Fsp3) is 0.150. The van der Waals surface area contributed by atoms with E-state index in [-0.39, 0.29) is 21.6 Å². The molecule has 0 fully saturated rings. The molecule has 2 heterocycles. The maximum Gasteiger partial charge on any atom is 0.225 e. The van der Waals surface area contributed by atoms with Crippen LogP contribution in [-0.4, -0.2) is 14.3 Å². The molecule has 1 atom stereocenters. The molecule has 0 saturated heterocycles. The number of amides is 1. The smallest absolute Gasteiger partial charge is 0.225 e. The molecule has 0 unspecified atom stereocenters. The molecule has 7 heteroatoms. The van der Waals surface area contributed by atoms with Gasteiger partial charge in [0, 0.05) is 27.1 Å². The topological polar surface area (TPSA) is 63.2 Å². The van der Waals surface area contributed by atoms with E-state index in [2.05, 4.69) is 21.2 Å². The number of rotatable bonds is 3. The summed E-state index contributed by atoms with van der Waals surface area (Å²) < 4.78 is 27.3. The summed E-state index contributed by atoms with van der Waals surface area (Å²) in [5, 5.41) is 4.43. The van der Waals surface area contributed by atoms with Gasteiger partial charge in [-0.15, -0.1) is 11.3 Å². The van der Waals surface area contributed by atoms with Gasteiger partial charge >= 0.3 is 0 Å². The van der Waals surface area contributed by atoms with E-state index in [4.69, 9.17) is 0 Å². The first-order valence-corrected chi connectivity index (χ1v) is 11.5. The van der Waals surface area contributed by atoms with Crippen LogP contribution in [0.15, 0.2) is 68.2 Å². The van der Waals surface area contributed by atoms with Crippen LogP contribution in [0.4, 0.5) is 5.69 Å². The monoisotopic (exact) mass is 461 g/mol. The van der Waals surface area contributed by atoms with E-state index in [1.54, 1.807) is 23.6 Å². The Morgan fingerprint density at radius 1 is 1.15 bits per heavy atom. The predicted molar refractivity (Wildman–Crippen MR) is 110 cm³/mol. The van der Waals surface area contributed by atoms with Crippen molar-refractivity contribution in [3.63, 3.8) is 0 Å². The molecule has 4 nitrogen and oxygen atoms in total. The summed E-state index contributed by atoms with van der Waals surface area (Å²) in [5.74, 6) is -0.317. The molecule has 1 amide bonds. The van der Waals surface area contributed by atoms with Gasteiger partial charge in [-0.3, -0.25) is 4.79 Å². The van der Waals surface area contributed by atoms with Crippen LogP contribution < -0.4 is 5.32 Å². The number of sulfone groups is 1. The van der Waals surface area contributed by atoms with Crippen molar-refractivity contribution >= 4 is 48.7 Å². The van der Waals surface area contributed by atoms with Crippen LogP contribution in [0.25, 0.3) is 0 Å². The van der Waals surface area contributed by atoms with E-state index >= 15 is 0 Å². The summed E-state index contributed by atoms with van der Waals surface area (Å²) in [6, 6.07) is 14.6. The molecule has 0 aliphatic carbocycles. The van der Waals surface area contributed by atoms with Crippen molar-refractivity contribution in [3.05, 3.63) is 74.4 Å². The Morgan fingerprint density at radius 3 is 2.59 bits per heavy atom. The first kappa shape index (κ1) is 18.4. The van der Waals surface area contributed by atoms with Crippen LogP contribution in [0.3, 0.4) is 0 Å². The molecule has 4 rings (SSSR count). The molecule has 0 radical (unpaired) electrons. The van der Waals surface area contributed by atoms with Gasteiger partial charge in [0.15, 0.2) is 0 Å². The Balaban J connectivity index is 1.83. The lowest BCUT2D eigenvalue weighted by Crippen LogP contribution is -2.23. The van der Waals surface area contributed by atoms with Crippen molar-refractivity contribution in [3.8, 4) is 0 Å². The molecule has 0 saturated carbocycles. The van der Waals surface area contributed by atoms with E-state index in [1.165, 1.54) is 11.3 Å². The number of hydrogen-bond acceptors (Lipinski definition) is 4. The van der Waals surface area contributed by atoms with Crippen LogP contribution in [0, 0.1) is 6.92 Å². The first-order valence-electron chi connectivity index (χ1n) is 8.35. The first-order chi connectivity index (χ1) is 12.9. The summed E-state index contributed by atoms with van der Waals surface area (Å²) in [6.45, 7) is 1.85. The van der Waals surface area contributed by atoms with Gasteiger partial charge in [-0.2, -0.15) is 0 Å². The van der Waals surface area contributed by atoms with Crippen molar-refractivity contribution in [2.45, 2.75) is 29.1 Å². The number of benzene rings is 2. The Hall–Kier alpha value is -1.96. The van der Waals surface area contributed by atoms with E-state index in [1.807, 2.05) is 37.3 Å². The summed E-state index contributed by atoms with van der Waals surface area (Å²) in [5.41, 5.74) is 2.29. The number of nitrogens with one attached hydrogen (secondary N) is 1.